The van der Waals surface area contributed by atoms with E-state index in [-0.39, 0.29) is 0 Å². The minimum absolute atomic E-state index is 0.332. The van der Waals surface area contributed by atoms with Crippen molar-refractivity contribution in [2.75, 3.05) is 0 Å². The molecule has 0 saturated carbocycles. The van der Waals surface area contributed by atoms with Gasteiger partial charge in [0.1, 0.15) is 0 Å². The maximum Gasteiger partial charge on any atom is 0.0738 e. The molecule has 0 spiro atoms. The molecule has 0 N–H and O–H groups in total. The van der Waals surface area contributed by atoms with Crippen molar-refractivity contribution in [3.05, 3.63) is 57.3 Å². The van der Waals surface area contributed by atoms with E-state index in [9.17, 15) is 0 Å². The maximum atomic E-state index is 3.82. The number of rotatable bonds is 6. The lowest BCUT2D eigenvalue weighted by atomic mass is 10.0. The van der Waals surface area contributed by atoms with Crippen LogP contribution in [-0.4, -0.2) is 0 Å². The largest absolute Gasteiger partial charge is 0.144 e. The van der Waals surface area contributed by atoms with Gasteiger partial charge in [-0.25, -0.2) is 0 Å². The molecule has 0 aliphatic carbocycles. The third-order valence-corrected chi connectivity index (χ3v) is 5.99. The van der Waals surface area contributed by atoms with Gasteiger partial charge in [-0.3, -0.25) is 0 Å². The second-order valence-electron chi connectivity index (χ2n) is 4.87. The number of alkyl halides is 1. The van der Waals surface area contributed by atoms with E-state index in [1.807, 2.05) is 11.3 Å². The summed E-state index contributed by atoms with van der Waals surface area (Å²) in [6.07, 6.45) is 4.86. The van der Waals surface area contributed by atoms with E-state index in [4.69, 9.17) is 0 Å². The van der Waals surface area contributed by atoms with Gasteiger partial charge >= 0.3 is 0 Å². The zero-order chi connectivity index (χ0) is 13.7. The van der Waals surface area contributed by atoms with E-state index >= 15 is 0 Å². The fraction of sp³-hybridized carbons (Fsp3) is 0.412. The minimum Gasteiger partial charge on any atom is -0.144 e. The van der Waals surface area contributed by atoms with Gasteiger partial charge < -0.3 is 0 Å². The second-order valence-corrected chi connectivity index (χ2v) is 6.98. The number of benzene rings is 1. The monoisotopic (exact) mass is 336 g/mol. The second kappa shape index (κ2) is 7.25. The van der Waals surface area contributed by atoms with Gasteiger partial charge in [0.25, 0.3) is 0 Å². The van der Waals surface area contributed by atoms with Crippen LogP contribution in [0.4, 0.5) is 0 Å². The molecule has 2 rings (SSSR count). The third-order valence-electron chi connectivity index (χ3n) is 3.37. The van der Waals surface area contributed by atoms with E-state index in [2.05, 4.69) is 66.2 Å². The van der Waals surface area contributed by atoms with E-state index in [0.717, 1.165) is 6.42 Å². The van der Waals surface area contributed by atoms with Gasteiger partial charge in [0.15, 0.2) is 0 Å². The number of halogens is 1. The van der Waals surface area contributed by atoms with Crippen molar-refractivity contribution >= 4 is 27.3 Å². The van der Waals surface area contributed by atoms with Crippen LogP contribution in [0, 0.1) is 0 Å². The summed E-state index contributed by atoms with van der Waals surface area (Å²) in [5, 5.41) is 0. The summed E-state index contributed by atoms with van der Waals surface area (Å²) in [7, 11) is 0. The molecule has 2 heteroatoms. The first kappa shape index (κ1) is 14.8. The summed E-state index contributed by atoms with van der Waals surface area (Å²) >= 11 is 5.73. The molecule has 1 heterocycles. The Bertz CT molecular complexity index is 498. The lowest BCUT2D eigenvalue weighted by Gasteiger charge is -2.09. The molecule has 0 saturated heterocycles. The zero-order valence-electron chi connectivity index (χ0n) is 11.7. The van der Waals surface area contributed by atoms with Crippen LogP contribution in [0.15, 0.2) is 36.4 Å². The van der Waals surface area contributed by atoms with Gasteiger partial charge in [-0.05, 0) is 42.5 Å². The van der Waals surface area contributed by atoms with Crippen LogP contribution in [-0.2, 0) is 12.8 Å². The van der Waals surface area contributed by atoms with E-state index in [1.54, 1.807) is 0 Å². The average Bonchev–Trinajstić information content (AvgIpc) is 2.94. The van der Waals surface area contributed by atoms with Crippen LogP contribution in [0.2, 0.25) is 0 Å². The molecule has 0 aliphatic rings. The van der Waals surface area contributed by atoms with Crippen LogP contribution in [0.1, 0.15) is 52.4 Å². The summed E-state index contributed by atoms with van der Waals surface area (Å²) in [5.41, 5.74) is 2.80. The summed E-state index contributed by atoms with van der Waals surface area (Å²) in [5.74, 6) is 0. The molecule has 102 valence electrons. The maximum absolute atomic E-state index is 3.82. The highest BCUT2D eigenvalue weighted by molar-refractivity contribution is 9.09. The lowest BCUT2D eigenvalue weighted by molar-refractivity contribution is 0.795. The first-order valence-electron chi connectivity index (χ1n) is 7.06. The van der Waals surface area contributed by atoms with Crippen molar-refractivity contribution in [2.45, 2.75) is 44.4 Å². The van der Waals surface area contributed by atoms with Crippen molar-refractivity contribution in [3.8, 4) is 0 Å². The number of thiophene rings is 1. The first-order valence-corrected chi connectivity index (χ1v) is 8.79. The molecule has 19 heavy (non-hydrogen) atoms. The Labute approximate surface area is 129 Å². The van der Waals surface area contributed by atoms with Crippen LogP contribution in [0.5, 0.6) is 0 Å². The molecule has 0 aliphatic heterocycles. The normalized spacial score (nSPS) is 12.6. The Morgan fingerprint density at radius 1 is 1.05 bits per heavy atom. The Morgan fingerprint density at radius 3 is 2.37 bits per heavy atom. The van der Waals surface area contributed by atoms with Crippen molar-refractivity contribution < 1.29 is 0 Å². The van der Waals surface area contributed by atoms with Crippen molar-refractivity contribution in [2.24, 2.45) is 0 Å². The molecular formula is C17H21BrS. The molecule has 1 atom stereocenters. The molecule has 0 amide bonds. The average molecular weight is 337 g/mol. The molecule has 1 aromatic carbocycles. The zero-order valence-corrected chi connectivity index (χ0v) is 14.1. The van der Waals surface area contributed by atoms with Crippen LogP contribution in [0.25, 0.3) is 0 Å². The van der Waals surface area contributed by atoms with Gasteiger partial charge in [-0.15, -0.1) is 11.3 Å². The molecule has 1 aromatic heterocycles. The van der Waals surface area contributed by atoms with Crippen molar-refractivity contribution in [3.63, 3.8) is 0 Å². The van der Waals surface area contributed by atoms with Gasteiger partial charge in [-0.1, -0.05) is 60.5 Å². The topological polar surface area (TPSA) is 0 Å². The highest BCUT2D eigenvalue weighted by Crippen LogP contribution is 2.35. The molecule has 1 unspecified atom stereocenters. The summed E-state index contributed by atoms with van der Waals surface area (Å²) in [4.78, 5) is 3.19. The molecule has 0 bridgehead atoms. The van der Waals surface area contributed by atoms with E-state index in [1.165, 1.54) is 40.1 Å². The number of aryl methyl sites for hydroxylation is 2. The Balaban J connectivity index is 2.08. The smallest absolute Gasteiger partial charge is 0.0738 e. The minimum atomic E-state index is 0.332. The molecule has 0 fully saturated rings. The highest BCUT2D eigenvalue weighted by Gasteiger charge is 2.12. The molecule has 2 aromatic rings. The van der Waals surface area contributed by atoms with Crippen LogP contribution < -0.4 is 0 Å². The third kappa shape index (κ3) is 3.93. The van der Waals surface area contributed by atoms with Crippen molar-refractivity contribution in [1.82, 2.24) is 0 Å². The van der Waals surface area contributed by atoms with E-state index in [0.29, 0.717) is 4.83 Å². The van der Waals surface area contributed by atoms with Gasteiger partial charge in [-0.2, -0.15) is 0 Å². The fourth-order valence-electron chi connectivity index (χ4n) is 2.12. The Hall–Kier alpha value is -0.600. The number of hydrogen-bond acceptors (Lipinski definition) is 1. The van der Waals surface area contributed by atoms with Gasteiger partial charge in [0, 0.05) is 9.75 Å². The van der Waals surface area contributed by atoms with Gasteiger partial charge in [0.05, 0.1) is 4.83 Å². The SMILES string of the molecule is CCCCc1ccc(C(Br)c2ccc(CC)s2)cc1. The molecular weight excluding hydrogens is 316 g/mol. The standard InChI is InChI=1S/C17H21BrS/c1-3-5-6-13-7-9-14(10-8-13)17(18)16-12-11-15(4-2)19-16/h7-12,17H,3-6H2,1-2H3. The van der Waals surface area contributed by atoms with Crippen LogP contribution >= 0.6 is 27.3 Å². The predicted molar refractivity (Wildman–Crippen MR) is 89.5 cm³/mol. The quantitative estimate of drug-likeness (QED) is 0.556. The highest BCUT2D eigenvalue weighted by atomic mass is 79.9. The van der Waals surface area contributed by atoms with Crippen molar-refractivity contribution in [1.29, 1.82) is 0 Å². The van der Waals surface area contributed by atoms with Crippen LogP contribution in [0.3, 0.4) is 0 Å². The Morgan fingerprint density at radius 2 is 1.79 bits per heavy atom. The summed E-state index contributed by atoms with van der Waals surface area (Å²) < 4.78 is 0. The fourth-order valence-corrected chi connectivity index (χ4v) is 3.82. The summed E-state index contributed by atoms with van der Waals surface area (Å²) in [6.45, 7) is 4.45. The van der Waals surface area contributed by atoms with Gasteiger partial charge in [0.2, 0.25) is 0 Å². The predicted octanol–water partition coefficient (Wildman–Crippen LogP) is 6.14. The van der Waals surface area contributed by atoms with E-state index < -0.39 is 0 Å². The Kier molecular flexibility index (Phi) is 5.65. The number of unbranched alkanes of at least 4 members (excludes halogenated alkanes) is 1. The first-order chi connectivity index (χ1) is 9.24. The molecule has 0 radical (unpaired) electrons. The lowest BCUT2D eigenvalue weighted by Crippen LogP contribution is -1.91. The number of hydrogen-bond donors (Lipinski definition) is 0. The molecule has 0 nitrogen and oxygen atoms in total. The summed E-state index contributed by atoms with van der Waals surface area (Å²) in [6, 6.07) is 13.5.